The van der Waals surface area contributed by atoms with Crippen LogP contribution in [0.2, 0.25) is 0 Å². The molecule has 10 nitrogen and oxygen atoms in total. The van der Waals surface area contributed by atoms with Crippen LogP contribution in [0.15, 0.2) is 119 Å². The number of aliphatic imine (C=N–C) groups is 1. The smallest absolute Gasteiger partial charge is 0.242 e. The molecule has 228 valence electrons. The molecule has 0 radical (unpaired) electrons. The molecule has 3 N–H and O–H groups in total. The van der Waals surface area contributed by atoms with E-state index in [4.69, 9.17) is 10.1 Å². The van der Waals surface area contributed by atoms with Crippen LogP contribution in [0, 0.1) is 0 Å². The number of carbonyl (C=O) groups excluding carboxylic acids is 2. The number of imidazole rings is 1. The zero-order chi connectivity index (χ0) is 31.4. The summed E-state index contributed by atoms with van der Waals surface area (Å²) in [6, 6.07) is 31.5. The number of amides is 2. The van der Waals surface area contributed by atoms with E-state index in [9.17, 15) is 18.0 Å². The molecular formula is C33H30N6O4S2. The van der Waals surface area contributed by atoms with Gasteiger partial charge in [0.15, 0.2) is 5.17 Å². The summed E-state index contributed by atoms with van der Waals surface area (Å²) in [6.07, 6.45) is 1.80. The Morgan fingerprint density at radius 3 is 2.31 bits per heavy atom. The number of fused-ring (bicyclic) bond motifs is 1. The van der Waals surface area contributed by atoms with E-state index in [1.807, 2.05) is 83.4 Å². The number of nitrogens with one attached hydrogen (secondary N) is 1. The molecule has 1 fully saturated rings. The standard InChI is InChI=1S/C33H30N6O4S2/c34-45(42,43)27-16-12-24(13-17-27)20-36-33-38(32(41)30(44-33)18-31(40)35-19-23-6-2-1-3-7-23)21-25-10-14-26(15-11-25)39-22-37-28-8-4-5-9-29(28)39/h1-17,22,30H,18-21H2,(H,35,40)(H2,34,42,43). The SMILES string of the molecule is NS(=O)(=O)c1ccc(CN=C2SC(CC(=O)NCc3ccccc3)C(=O)N2Cc2ccc(-n3cnc4ccccc43)cc2)cc1. The lowest BCUT2D eigenvalue weighted by Gasteiger charge is -2.17. The number of nitrogens with two attached hydrogens (primary N) is 1. The molecule has 1 aromatic heterocycles. The summed E-state index contributed by atoms with van der Waals surface area (Å²) in [5.74, 6) is -0.413. The highest BCUT2D eigenvalue weighted by atomic mass is 32.2. The van der Waals surface area contributed by atoms with E-state index in [0.29, 0.717) is 11.7 Å². The lowest BCUT2D eigenvalue weighted by molar-refractivity contribution is -0.129. The van der Waals surface area contributed by atoms with Crippen molar-refractivity contribution in [2.75, 3.05) is 0 Å². The first-order chi connectivity index (χ1) is 21.7. The van der Waals surface area contributed by atoms with Gasteiger partial charge in [-0.05, 0) is 53.1 Å². The monoisotopic (exact) mass is 638 g/mol. The molecule has 0 saturated carbocycles. The summed E-state index contributed by atoms with van der Waals surface area (Å²) in [5.41, 5.74) is 5.47. The number of nitrogens with zero attached hydrogens (tertiary/aromatic N) is 4. The highest BCUT2D eigenvalue weighted by Crippen LogP contribution is 2.32. The van der Waals surface area contributed by atoms with Crippen LogP contribution in [0.5, 0.6) is 0 Å². The quantitative estimate of drug-likeness (QED) is 0.233. The minimum absolute atomic E-state index is 0.0136. The Morgan fingerprint density at radius 1 is 0.889 bits per heavy atom. The molecule has 4 aromatic carbocycles. The molecule has 0 spiro atoms. The second-order valence-corrected chi connectivity index (χ2v) is 13.3. The van der Waals surface area contributed by atoms with Gasteiger partial charge in [-0.1, -0.05) is 78.5 Å². The first kappa shape index (κ1) is 30.3. The first-order valence-corrected chi connectivity index (χ1v) is 16.6. The number of primary sulfonamides is 1. The highest BCUT2D eigenvalue weighted by Gasteiger charge is 2.39. The number of amidine groups is 1. The number of carbonyl (C=O) groups is 2. The van der Waals surface area contributed by atoms with Crippen LogP contribution < -0.4 is 10.5 Å². The van der Waals surface area contributed by atoms with Crippen LogP contribution in [0.3, 0.4) is 0 Å². The van der Waals surface area contributed by atoms with Crippen LogP contribution in [0.4, 0.5) is 0 Å². The summed E-state index contributed by atoms with van der Waals surface area (Å²) < 4.78 is 25.3. The van der Waals surface area contributed by atoms with Gasteiger partial charge in [0, 0.05) is 18.7 Å². The van der Waals surface area contributed by atoms with Crippen molar-refractivity contribution in [3.05, 3.63) is 126 Å². The van der Waals surface area contributed by atoms with E-state index in [0.717, 1.165) is 33.4 Å². The Morgan fingerprint density at radius 2 is 1.58 bits per heavy atom. The molecule has 1 aliphatic rings. The van der Waals surface area contributed by atoms with Gasteiger partial charge in [0.25, 0.3) is 0 Å². The zero-order valence-corrected chi connectivity index (χ0v) is 25.7. The van der Waals surface area contributed by atoms with E-state index in [-0.39, 0.29) is 36.2 Å². The number of rotatable bonds is 10. The van der Waals surface area contributed by atoms with E-state index < -0.39 is 15.3 Å². The Balaban J connectivity index is 1.19. The number of thioether (sulfide) groups is 1. The van der Waals surface area contributed by atoms with Gasteiger partial charge in [0.1, 0.15) is 11.6 Å². The zero-order valence-electron chi connectivity index (χ0n) is 24.1. The van der Waals surface area contributed by atoms with Crippen LogP contribution in [0.1, 0.15) is 23.1 Å². The molecule has 2 heterocycles. The van der Waals surface area contributed by atoms with Gasteiger partial charge in [-0.2, -0.15) is 0 Å². The van der Waals surface area contributed by atoms with Gasteiger partial charge in [0.05, 0.1) is 29.0 Å². The molecule has 45 heavy (non-hydrogen) atoms. The predicted octanol–water partition coefficient (Wildman–Crippen LogP) is 4.38. The van der Waals surface area contributed by atoms with Gasteiger partial charge in [-0.15, -0.1) is 0 Å². The van der Waals surface area contributed by atoms with Crippen LogP contribution in [-0.2, 0) is 39.2 Å². The van der Waals surface area contributed by atoms with Crippen LogP contribution in [0.25, 0.3) is 16.7 Å². The van der Waals surface area contributed by atoms with Crippen molar-refractivity contribution in [1.82, 2.24) is 19.8 Å². The van der Waals surface area contributed by atoms with E-state index >= 15 is 0 Å². The van der Waals surface area contributed by atoms with E-state index in [1.165, 1.54) is 23.9 Å². The van der Waals surface area contributed by atoms with Crippen molar-refractivity contribution in [3.63, 3.8) is 0 Å². The summed E-state index contributed by atoms with van der Waals surface area (Å²) in [5, 5.41) is 8.00. The molecule has 2 amide bonds. The lowest BCUT2D eigenvalue weighted by atomic mass is 10.1. The minimum Gasteiger partial charge on any atom is -0.352 e. The third kappa shape index (κ3) is 7.14. The van der Waals surface area contributed by atoms with Crippen LogP contribution >= 0.6 is 11.8 Å². The Labute approximate surface area is 265 Å². The number of hydrogen-bond donors (Lipinski definition) is 2. The molecule has 12 heteroatoms. The van der Waals surface area contributed by atoms with Crippen molar-refractivity contribution in [3.8, 4) is 5.69 Å². The Bertz CT molecular complexity index is 1980. The molecule has 1 aliphatic heterocycles. The average Bonchev–Trinajstić information content (AvgIpc) is 3.60. The summed E-state index contributed by atoms with van der Waals surface area (Å²) in [7, 11) is -3.81. The maximum atomic E-state index is 13.6. The fraction of sp³-hybridized carbons (Fsp3) is 0.152. The van der Waals surface area contributed by atoms with Crippen molar-refractivity contribution in [2.24, 2.45) is 10.1 Å². The number of hydrogen-bond acceptors (Lipinski definition) is 7. The van der Waals surface area contributed by atoms with Crippen molar-refractivity contribution >= 4 is 49.8 Å². The van der Waals surface area contributed by atoms with Gasteiger partial charge < -0.3 is 5.32 Å². The van der Waals surface area contributed by atoms with Gasteiger partial charge >= 0.3 is 0 Å². The third-order valence-corrected chi connectivity index (χ3v) is 9.52. The summed E-state index contributed by atoms with van der Waals surface area (Å²) >= 11 is 1.26. The molecule has 5 aromatic rings. The second kappa shape index (κ2) is 13.1. The van der Waals surface area contributed by atoms with E-state index in [1.54, 1.807) is 23.4 Å². The summed E-state index contributed by atoms with van der Waals surface area (Å²) in [6.45, 7) is 0.877. The number of aromatic nitrogens is 2. The molecule has 0 aliphatic carbocycles. The van der Waals surface area contributed by atoms with Crippen molar-refractivity contribution in [2.45, 2.75) is 36.2 Å². The van der Waals surface area contributed by atoms with Crippen LogP contribution in [-0.4, -0.2) is 45.1 Å². The maximum Gasteiger partial charge on any atom is 0.242 e. The molecule has 0 bridgehead atoms. The van der Waals surface area contributed by atoms with Crippen molar-refractivity contribution < 1.29 is 18.0 Å². The second-order valence-electron chi connectivity index (χ2n) is 10.6. The molecule has 1 unspecified atom stereocenters. The van der Waals surface area contributed by atoms with Gasteiger partial charge in [0.2, 0.25) is 21.8 Å². The highest BCUT2D eigenvalue weighted by molar-refractivity contribution is 8.15. The molecule has 6 rings (SSSR count). The first-order valence-electron chi connectivity index (χ1n) is 14.2. The number of sulfonamides is 1. The fourth-order valence-electron chi connectivity index (χ4n) is 5.00. The van der Waals surface area contributed by atoms with Crippen molar-refractivity contribution in [1.29, 1.82) is 0 Å². The third-order valence-electron chi connectivity index (χ3n) is 7.38. The Hall–Kier alpha value is -4.78. The number of benzene rings is 4. The average molecular weight is 639 g/mol. The Kier molecular flexibility index (Phi) is 8.78. The largest absolute Gasteiger partial charge is 0.352 e. The molecular weight excluding hydrogens is 609 g/mol. The van der Waals surface area contributed by atoms with Gasteiger partial charge in [-0.25, -0.2) is 18.5 Å². The minimum atomic E-state index is -3.81. The normalized spacial score (nSPS) is 16.0. The lowest BCUT2D eigenvalue weighted by Crippen LogP contribution is -2.34. The van der Waals surface area contributed by atoms with Gasteiger partial charge in [-0.3, -0.25) is 24.0 Å². The summed E-state index contributed by atoms with van der Waals surface area (Å²) in [4.78, 5) is 37.3. The fourth-order valence-corrected chi connectivity index (χ4v) is 6.65. The topological polar surface area (TPSA) is 140 Å². The van der Waals surface area contributed by atoms with E-state index in [2.05, 4.69) is 10.3 Å². The molecule has 1 atom stereocenters. The number of para-hydroxylation sites is 2. The molecule has 1 saturated heterocycles. The maximum absolute atomic E-state index is 13.6. The predicted molar refractivity (Wildman–Crippen MR) is 175 cm³/mol.